The summed E-state index contributed by atoms with van der Waals surface area (Å²) >= 11 is 0. The van der Waals surface area contributed by atoms with Gasteiger partial charge >= 0.3 is 0 Å². The molecule has 52 heavy (non-hydrogen) atoms. The predicted octanol–water partition coefficient (Wildman–Crippen LogP) is 12.8. The number of fused-ring (bicyclic) bond motifs is 5. The molecule has 0 aliphatic heterocycles. The Morgan fingerprint density at radius 2 is 0.635 bits per heavy atom. The minimum atomic E-state index is 1.08. The first-order chi connectivity index (χ1) is 25.8. The molecule has 0 spiro atoms. The molecule has 242 valence electrons. The van der Waals surface area contributed by atoms with E-state index in [4.69, 9.17) is 0 Å². The summed E-state index contributed by atoms with van der Waals surface area (Å²) in [6.45, 7) is 0. The largest absolute Gasteiger partial charge is 0.264 e. The Morgan fingerprint density at radius 3 is 1.19 bits per heavy atom. The highest BCUT2D eigenvalue weighted by Crippen LogP contribution is 2.50. The van der Waals surface area contributed by atoms with E-state index < -0.39 is 0 Å². The molecule has 0 fully saturated rings. The van der Waals surface area contributed by atoms with Crippen LogP contribution in [0.25, 0.3) is 98.7 Å². The van der Waals surface area contributed by atoms with Gasteiger partial charge in [-0.2, -0.15) is 0 Å². The average molecular weight is 662 g/mol. The Kier molecular flexibility index (Phi) is 7.14. The summed E-state index contributed by atoms with van der Waals surface area (Å²) in [6.07, 6.45) is 11.5. The molecule has 10 rings (SSSR count). The molecule has 0 radical (unpaired) electrons. The van der Waals surface area contributed by atoms with Gasteiger partial charge in [0, 0.05) is 53.9 Å². The van der Waals surface area contributed by atoms with Crippen molar-refractivity contribution in [1.82, 2.24) is 15.0 Å². The molecule has 0 atom stereocenters. The second-order valence-electron chi connectivity index (χ2n) is 13.2. The zero-order chi connectivity index (χ0) is 34.4. The standard InChI is InChI=1S/C49H31N3/c1-2-12-32(13-3-1)33-14-8-15-34(26-33)48-39-20-5-4-19-38(39)42-27-44-45(28-43(42)49(48)37-18-11-25-52-31-37)47(36-17-10-24-51-30-36)41-22-7-6-21-40(41)46(44)35-16-9-23-50-29-35/h1-31H. The number of hydrogen-bond acceptors (Lipinski definition) is 3. The minimum absolute atomic E-state index is 1.08. The first-order valence-electron chi connectivity index (χ1n) is 17.6. The summed E-state index contributed by atoms with van der Waals surface area (Å²) in [4.78, 5) is 13.8. The predicted molar refractivity (Wildman–Crippen MR) is 217 cm³/mol. The highest BCUT2D eigenvalue weighted by molar-refractivity contribution is 6.29. The summed E-state index contributed by atoms with van der Waals surface area (Å²) in [5.74, 6) is 0. The maximum absolute atomic E-state index is 4.65. The van der Waals surface area contributed by atoms with Crippen LogP contribution < -0.4 is 0 Å². The Balaban J connectivity index is 1.43. The molecule has 0 bridgehead atoms. The van der Waals surface area contributed by atoms with E-state index in [9.17, 15) is 0 Å². The van der Waals surface area contributed by atoms with Crippen LogP contribution in [0, 0.1) is 0 Å². The Morgan fingerprint density at radius 1 is 0.231 bits per heavy atom. The van der Waals surface area contributed by atoms with Crippen LogP contribution in [-0.2, 0) is 0 Å². The summed E-state index contributed by atoms with van der Waals surface area (Å²) < 4.78 is 0. The molecule has 3 nitrogen and oxygen atoms in total. The topological polar surface area (TPSA) is 38.7 Å². The lowest BCUT2D eigenvalue weighted by atomic mass is 9.81. The quantitative estimate of drug-likeness (QED) is 0.136. The molecule has 0 N–H and O–H groups in total. The smallest absolute Gasteiger partial charge is 0.0346 e. The minimum Gasteiger partial charge on any atom is -0.264 e. The zero-order valence-corrected chi connectivity index (χ0v) is 28.2. The van der Waals surface area contributed by atoms with Crippen LogP contribution in [0.3, 0.4) is 0 Å². The molecule has 7 aromatic carbocycles. The van der Waals surface area contributed by atoms with Gasteiger partial charge in [-0.1, -0.05) is 115 Å². The fourth-order valence-electron chi connectivity index (χ4n) is 8.10. The Labute approximate surface area is 301 Å². The summed E-state index contributed by atoms with van der Waals surface area (Å²) in [7, 11) is 0. The number of hydrogen-bond donors (Lipinski definition) is 0. The highest BCUT2D eigenvalue weighted by Gasteiger charge is 2.22. The van der Waals surface area contributed by atoms with Crippen molar-refractivity contribution >= 4 is 43.1 Å². The van der Waals surface area contributed by atoms with E-state index >= 15 is 0 Å². The molecule has 0 saturated carbocycles. The van der Waals surface area contributed by atoms with Gasteiger partial charge in [0.15, 0.2) is 0 Å². The highest BCUT2D eigenvalue weighted by atomic mass is 14.6. The maximum Gasteiger partial charge on any atom is 0.0346 e. The van der Waals surface area contributed by atoms with Gasteiger partial charge in [0.1, 0.15) is 0 Å². The van der Waals surface area contributed by atoms with Gasteiger partial charge < -0.3 is 0 Å². The molecule has 0 amide bonds. The van der Waals surface area contributed by atoms with Crippen molar-refractivity contribution in [3.63, 3.8) is 0 Å². The van der Waals surface area contributed by atoms with Crippen LogP contribution in [0.2, 0.25) is 0 Å². The maximum atomic E-state index is 4.65. The number of pyridine rings is 3. The van der Waals surface area contributed by atoms with Gasteiger partial charge in [0.05, 0.1) is 0 Å². The molecule has 0 unspecified atom stereocenters. The van der Waals surface area contributed by atoms with Gasteiger partial charge in [-0.25, -0.2) is 0 Å². The van der Waals surface area contributed by atoms with Crippen molar-refractivity contribution in [2.45, 2.75) is 0 Å². The van der Waals surface area contributed by atoms with Crippen molar-refractivity contribution in [2.75, 3.05) is 0 Å². The first kappa shape index (κ1) is 29.9. The van der Waals surface area contributed by atoms with Crippen molar-refractivity contribution in [2.24, 2.45) is 0 Å². The van der Waals surface area contributed by atoms with E-state index in [0.717, 1.165) is 16.7 Å². The Hall–Kier alpha value is -6.97. The molecule has 0 aliphatic rings. The second-order valence-corrected chi connectivity index (χ2v) is 13.2. The van der Waals surface area contributed by atoms with Crippen molar-refractivity contribution < 1.29 is 0 Å². The van der Waals surface area contributed by atoms with Crippen molar-refractivity contribution in [3.05, 3.63) is 189 Å². The third kappa shape index (κ3) is 4.86. The van der Waals surface area contributed by atoms with Crippen molar-refractivity contribution in [1.29, 1.82) is 0 Å². The third-order valence-electron chi connectivity index (χ3n) is 10.3. The van der Waals surface area contributed by atoms with Gasteiger partial charge in [-0.3, -0.25) is 15.0 Å². The van der Waals surface area contributed by atoms with Gasteiger partial charge in [0.2, 0.25) is 0 Å². The molecule has 0 saturated heterocycles. The van der Waals surface area contributed by atoms with Crippen LogP contribution in [-0.4, -0.2) is 15.0 Å². The monoisotopic (exact) mass is 661 g/mol. The molecule has 3 heteroatoms. The first-order valence-corrected chi connectivity index (χ1v) is 17.6. The number of rotatable bonds is 5. The third-order valence-corrected chi connectivity index (χ3v) is 10.3. The molecule has 3 aromatic heterocycles. The number of nitrogens with zero attached hydrogens (tertiary/aromatic N) is 3. The average Bonchev–Trinajstić information content (AvgIpc) is 3.23. The van der Waals surface area contributed by atoms with Gasteiger partial charge in [-0.05, 0) is 118 Å². The summed E-state index contributed by atoms with van der Waals surface area (Å²) in [5.41, 5.74) is 11.5. The fourth-order valence-corrected chi connectivity index (χ4v) is 8.10. The van der Waals surface area contributed by atoms with Crippen LogP contribution in [0.1, 0.15) is 0 Å². The summed E-state index contributed by atoms with van der Waals surface area (Å²) in [6, 6.07) is 54.6. The number of benzene rings is 7. The normalized spacial score (nSPS) is 11.5. The van der Waals surface area contributed by atoms with Crippen LogP contribution in [0.15, 0.2) is 189 Å². The fraction of sp³-hybridized carbons (Fsp3) is 0. The second kappa shape index (κ2) is 12.4. The molecule has 10 aromatic rings. The SMILES string of the molecule is c1ccc(-c2cccc(-c3c(-c4cccnc4)c4cc5c(-c6cccnc6)c6ccccc6c(-c6cccnc6)c5cc4c4ccccc34)c2)cc1. The summed E-state index contributed by atoms with van der Waals surface area (Å²) in [5, 5.41) is 9.50. The van der Waals surface area contributed by atoms with Crippen LogP contribution in [0.5, 0.6) is 0 Å². The van der Waals surface area contributed by atoms with Crippen LogP contribution in [0.4, 0.5) is 0 Å². The lowest BCUT2D eigenvalue weighted by Gasteiger charge is -2.22. The molecule has 3 heterocycles. The molecule has 0 aliphatic carbocycles. The van der Waals surface area contributed by atoms with Gasteiger partial charge in [-0.15, -0.1) is 0 Å². The molecular formula is C49H31N3. The van der Waals surface area contributed by atoms with E-state index in [1.165, 1.54) is 82.0 Å². The van der Waals surface area contributed by atoms with E-state index in [2.05, 4.69) is 148 Å². The van der Waals surface area contributed by atoms with Crippen molar-refractivity contribution in [3.8, 4) is 55.6 Å². The van der Waals surface area contributed by atoms with E-state index in [1.807, 2.05) is 55.4 Å². The van der Waals surface area contributed by atoms with E-state index in [0.29, 0.717) is 0 Å². The lowest BCUT2D eigenvalue weighted by molar-refractivity contribution is 1.33. The zero-order valence-electron chi connectivity index (χ0n) is 28.2. The van der Waals surface area contributed by atoms with Gasteiger partial charge in [0.25, 0.3) is 0 Å². The van der Waals surface area contributed by atoms with E-state index in [1.54, 1.807) is 0 Å². The number of aromatic nitrogens is 3. The van der Waals surface area contributed by atoms with E-state index in [-0.39, 0.29) is 0 Å². The Bertz CT molecular complexity index is 2920. The lowest BCUT2D eigenvalue weighted by Crippen LogP contribution is -1.95. The van der Waals surface area contributed by atoms with Crippen LogP contribution >= 0.6 is 0 Å². The molecular weight excluding hydrogens is 631 g/mol.